The van der Waals surface area contributed by atoms with Gasteiger partial charge in [-0.05, 0) is 85.3 Å². The van der Waals surface area contributed by atoms with E-state index in [-0.39, 0.29) is 76.5 Å². The van der Waals surface area contributed by atoms with E-state index in [9.17, 15) is 32.7 Å². The lowest BCUT2D eigenvalue weighted by molar-refractivity contribution is -0.142. The van der Waals surface area contributed by atoms with Crippen molar-refractivity contribution in [3.05, 3.63) is 148 Å². The van der Waals surface area contributed by atoms with Crippen LogP contribution in [0.3, 0.4) is 0 Å². The number of hydrogen-bond acceptors (Lipinski definition) is 14. The molecule has 3 amide bonds. The topological polar surface area (TPSA) is 243 Å². The van der Waals surface area contributed by atoms with Crippen molar-refractivity contribution in [3.8, 4) is 44.7 Å². The molecule has 4 N–H and O–H groups in total. The number of aliphatic hydroxyl groups excluding tert-OH is 1. The first kappa shape index (κ1) is 56.0. The number of β-amino-alcohol motifs (C(OH)–C–C–N with tert-alkyl or cyclic N) is 1. The summed E-state index contributed by atoms with van der Waals surface area (Å²) in [5.41, 5.74) is 7.07. The van der Waals surface area contributed by atoms with Gasteiger partial charge in [-0.15, -0.1) is 11.3 Å². The molecular formula is C59H64N10O10S2. The van der Waals surface area contributed by atoms with E-state index in [1.54, 1.807) is 85.1 Å². The number of carbonyl (C=O) groups is 3. The van der Waals surface area contributed by atoms with Crippen LogP contribution in [0.5, 0.6) is 23.1 Å². The quantitative estimate of drug-likeness (QED) is 0.0562. The SMILES string of the molecule is CCCOc1cccc(Oc2cc3c(cc2NS(=O)(=O)c2cccc(C(=O)N[C@H]4C[C@H](Oc5cc(-c6cnn([C@@H](C(=O)N7C[C@H](O)C[C@H]7C(=O)N[C@@H](C)c7ccc(-c8scnc8C)cc7)C(C)C)c6)ccn5)C4)c2)n(C)c(=O)n3C)c1. The number of aliphatic hydroxyl groups is 1. The average Bonchev–Trinajstić information content (AvgIpc) is 4.36. The summed E-state index contributed by atoms with van der Waals surface area (Å²) in [5, 5.41) is 21.5. The molecule has 5 heterocycles. The Bertz CT molecular complexity index is 3810. The molecular weight excluding hydrogens is 1070 g/mol. The Morgan fingerprint density at radius 1 is 0.864 bits per heavy atom. The first-order chi connectivity index (χ1) is 38.8. The standard InChI is InChI=1S/C59H64N10O10S2/c1-8-21-77-44-12-10-13-45(27-44)78-52-29-50-49(66(6)59(74)67(50)7)28-48(52)65-81(75,76)47-14-9-11-40(22-47)56(71)64-42-24-46(25-42)79-53-23-39(19-20-60-53)41-30-62-69(31-41)54(34(2)3)58(73)68-32-43(70)26-51(68)57(72)63-35(4)37-15-17-38(18-16-37)55-36(5)61-33-80-55/h9-20,22-23,27-31,33-35,42-43,46,51,54,65,70H,8,21,24-26,32H2,1-7H3,(H,63,72)(H,64,71)/t35-,42-,43+,46-,51-,54+/m0/s1. The molecule has 4 atom stereocenters. The number of aryl methyl sites for hydroxylation is 3. The number of benzene rings is 4. The summed E-state index contributed by atoms with van der Waals surface area (Å²) < 4.78 is 53.5. The van der Waals surface area contributed by atoms with Crippen molar-refractivity contribution < 1.29 is 42.1 Å². The molecule has 20 nitrogen and oxygen atoms in total. The first-order valence-corrected chi connectivity index (χ1v) is 29.2. The summed E-state index contributed by atoms with van der Waals surface area (Å²) in [7, 11) is -1.10. The molecule has 2 aliphatic rings. The molecule has 0 bridgehead atoms. The van der Waals surface area contributed by atoms with Crippen molar-refractivity contribution in [3.63, 3.8) is 0 Å². The number of nitrogens with zero attached hydrogens (tertiary/aromatic N) is 7. The van der Waals surface area contributed by atoms with Crippen LogP contribution in [0, 0.1) is 12.8 Å². The molecule has 1 aliphatic heterocycles. The zero-order valence-corrected chi connectivity index (χ0v) is 47.5. The Kier molecular flexibility index (Phi) is 16.2. The highest BCUT2D eigenvalue weighted by atomic mass is 32.2. The lowest BCUT2D eigenvalue weighted by atomic mass is 9.89. The Morgan fingerprint density at radius 3 is 2.33 bits per heavy atom. The third-order valence-electron chi connectivity index (χ3n) is 14.7. The number of thiazole rings is 1. The van der Waals surface area contributed by atoms with Crippen molar-refractivity contribution in [2.24, 2.45) is 20.0 Å². The number of aromatic nitrogens is 6. The predicted molar refractivity (Wildman–Crippen MR) is 307 cm³/mol. The molecule has 8 aromatic rings. The molecule has 1 aliphatic carbocycles. The van der Waals surface area contributed by atoms with Crippen molar-refractivity contribution in [1.82, 2.24) is 44.4 Å². The van der Waals surface area contributed by atoms with Gasteiger partial charge in [-0.1, -0.05) is 57.2 Å². The fourth-order valence-corrected chi connectivity index (χ4v) is 12.2. The van der Waals surface area contributed by atoms with Gasteiger partial charge in [0.15, 0.2) is 5.75 Å². The third-order valence-corrected chi connectivity index (χ3v) is 17.1. The molecule has 22 heteroatoms. The van der Waals surface area contributed by atoms with Crippen LogP contribution in [-0.2, 0) is 33.7 Å². The van der Waals surface area contributed by atoms with E-state index in [1.165, 1.54) is 44.4 Å². The van der Waals surface area contributed by atoms with Crippen LogP contribution in [0.2, 0.25) is 0 Å². The summed E-state index contributed by atoms with van der Waals surface area (Å²) in [6.07, 6.45) is 5.77. The molecule has 0 spiro atoms. The zero-order valence-electron chi connectivity index (χ0n) is 45.9. The summed E-state index contributed by atoms with van der Waals surface area (Å²) in [5.74, 6) is 0.112. The number of amides is 3. The van der Waals surface area contributed by atoms with E-state index in [2.05, 4.69) is 30.4 Å². The van der Waals surface area contributed by atoms with Gasteiger partial charge in [-0.3, -0.25) is 32.9 Å². The van der Waals surface area contributed by atoms with E-state index >= 15 is 0 Å². The number of rotatable bonds is 20. The van der Waals surface area contributed by atoms with Crippen LogP contribution in [-0.4, -0.2) is 102 Å². The highest BCUT2D eigenvalue weighted by Crippen LogP contribution is 2.37. The molecule has 2 fully saturated rings. The van der Waals surface area contributed by atoms with Gasteiger partial charge in [0.2, 0.25) is 17.7 Å². The van der Waals surface area contributed by atoms with Gasteiger partial charge in [0.1, 0.15) is 29.7 Å². The third kappa shape index (κ3) is 12.1. The number of hydrogen-bond donors (Lipinski definition) is 4. The Morgan fingerprint density at radius 2 is 1.60 bits per heavy atom. The van der Waals surface area contributed by atoms with Gasteiger partial charge in [-0.25, -0.2) is 23.2 Å². The minimum atomic E-state index is -4.32. The number of ether oxygens (including phenoxy) is 3. The smallest absolute Gasteiger partial charge is 0.328 e. The van der Waals surface area contributed by atoms with Crippen LogP contribution in [0.1, 0.15) is 87.1 Å². The number of carbonyl (C=O) groups excluding carboxylic acids is 3. The second-order valence-corrected chi connectivity index (χ2v) is 23.5. The van der Waals surface area contributed by atoms with Gasteiger partial charge >= 0.3 is 5.69 Å². The fourth-order valence-electron chi connectivity index (χ4n) is 10.3. The van der Waals surface area contributed by atoms with Crippen molar-refractivity contribution in [2.45, 2.75) is 102 Å². The number of anilines is 1. The highest BCUT2D eigenvalue weighted by Gasteiger charge is 2.43. The van der Waals surface area contributed by atoms with Gasteiger partial charge in [-0.2, -0.15) is 5.10 Å². The monoisotopic (exact) mass is 1140 g/mol. The number of nitrogens with one attached hydrogen (secondary N) is 3. The Hall–Kier alpha value is -8.34. The van der Waals surface area contributed by atoms with Gasteiger partial charge in [0.25, 0.3) is 15.9 Å². The molecule has 0 unspecified atom stereocenters. The van der Waals surface area contributed by atoms with E-state index in [0.29, 0.717) is 53.4 Å². The van der Waals surface area contributed by atoms with E-state index < -0.39 is 34.1 Å². The number of fused-ring (bicyclic) bond motifs is 1. The van der Waals surface area contributed by atoms with E-state index in [4.69, 9.17) is 14.2 Å². The maximum absolute atomic E-state index is 14.4. The van der Waals surface area contributed by atoms with Gasteiger partial charge < -0.3 is 34.9 Å². The first-order valence-electron chi connectivity index (χ1n) is 26.8. The summed E-state index contributed by atoms with van der Waals surface area (Å²) in [4.78, 5) is 66.0. The number of imidazole rings is 1. The average molecular weight is 1140 g/mol. The van der Waals surface area contributed by atoms with Crippen LogP contribution in [0.4, 0.5) is 5.69 Å². The molecule has 0 radical (unpaired) electrons. The van der Waals surface area contributed by atoms with Crippen LogP contribution < -0.4 is 35.3 Å². The van der Waals surface area contributed by atoms with Crippen LogP contribution in [0.15, 0.2) is 131 Å². The molecule has 1 saturated heterocycles. The largest absolute Gasteiger partial charge is 0.493 e. The predicted octanol–water partition coefficient (Wildman–Crippen LogP) is 8.33. The van der Waals surface area contributed by atoms with Gasteiger partial charge in [0.05, 0.1) is 62.6 Å². The van der Waals surface area contributed by atoms with Crippen LogP contribution >= 0.6 is 11.3 Å². The Labute approximate surface area is 472 Å². The lowest BCUT2D eigenvalue weighted by Crippen LogP contribution is -2.49. The normalized spacial score (nSPS) is 17.8. The zero-order chi connectivity index (χ0) is 57.3. The summed E-state index contributed by atoms with van der Waals surface area (Å²) in [6, 6.07) is 25.1. The summed E-state index contributed by atoms with van der Waals surface area (Å²) >= 11 is 1.57. The van der Waals surface area contributed by atoms with Crippen molar-refractivity contribution in [2.75, 3.05) is 17.9 Å². The maximum Gasteiger partial charge on any atom is 0.328 e. The Balaban J connectivity index is 0.751. The molecule has 4 aromatic carbocycles. The van der Waals surface area contributed by atoms with Gasteiger partial charge in [0, 0.05) is 87.7 Å². The van der Waals surface area contributed by atoms with Crippen LogP contribution in [0.25, 0.3) is 32.6 Å². The maximum atomic E-state index is 14.4. The fraction of sp³-hybridized carbons (Fsp3) is 0.339. The molecule has 4 aromatic heterocycles. The second kappa shape index (κ2) is 23.4. The molecule has 81 heavy (non-hydrogen) atoms. The number of pyridine rings is 1. The minimum Gasteiger partial charge on any atom is -0.493 e. The molecule has 1 saturated carbocycles. The van der Waals surface area contributed by atoms with Crippen molar-refractivity contribution in [1.29, 1.82) is 0 Å². The van der Waals surface area contributed by atoms with E-state index in [0.717, 1.165) is 33.7 Å². The van der Waals surface area contributed by atoms with Crippen molar-refractivity contribution >= 4 is 55.8 Å². The number of likely N-dealkylation sites (tertiary alicyclic amines) is 1. The highest BCUT2D eigenvalue weighted by molar-refractivity contribution is 7.92. The second-order valence-electron chi connectivity index (χ2n) is 21.0. The van der Waals surface area contributed by atoms with E-state index in [1.807, 2.05) is 70.5 Å². The summed E-state index contributed by atoms with van der Waals surface area (Å²) in [6.45, 7) is 10.2. The molecule has 422 valence electrons. The number of sulfonamides is 1. The molecule has 10 rings (SSSR count). The lowest BCUT2D eigenvalue weighted by Gasteiger charge is -2.35. The minimum absolute atomic E-state index is 0.0156.